The number of H-pyrrole nitrogens is 1. The van der Waals surface area contributed by atoms with Crippen molar-refractivity contribution in [2.24, 2.45) is 0 Å². The van der Waals surface area contributed by atoms with Gasteiger partial charge in [-0.3, -0.25) is 14.6 Å². The van der Waals surface area contributed by atoms with Gasteiger partial charge in [-0.25, -0.2) is 0 Å². The van der Waals surface area contributed by atoms with Crippen LogP contribution in [0.4, 0.5) is 0 Å². The zero-order valence-corrected chi connectivity index (χ0v) is 9.87. The van der Waals surface area contributed by atoms with Crippen molar-refractivity contribution in [1.29, 1.82) is 0 Å². The number of hydrogen-bond acceptors (Lipinski definition) is 2. The fraction of sp³-hybridized carbons (Fsp3) is 0.727. The second kappa shape index (κ2) is 4.66. The van der Waals surface area contributed by atoms with Crippen molar-refractivity contribution in [1.82, 2.24) is 9.78 Å². The lowest BCUT2D eigenvalue weighted by molar-refractivity contribution is 0.298. The Bertz CT molecular complexity index is 374. The molecule has 0 spiro atoms. The lowest BCUT2D eigenvalue weighted by Crippen LogP contribution is -2.21. The first kappa shape index (κ1) is 12.0. The average Bonchev–Trinajstić information content (AvgIpc) is 2.45. The van der Waals surface area contributed by atoms with E-state index < -0.39 is 0 Å². The third-order valence-electron chi connectivity index (χ3n) is 2.50. The lowest BCUT2D eigenvalue weighted by Gasteiger charge is -2.06. The molecule has 0 saturated carbocycles. The molecule has 0 radical (unpaired) electrons. The summed E-state index contributed by atoms with van der Waals surface area (Å²) in [5.41, 5.74) is 1.67. The van der Waals surface area contributed by atoms with E-state index in [1.165, 1.54) is 0 Å². The third-order valence-corrected chi connectivity index (χ3v) is 2.50. The van der Waals surface area contributed by atoms with Crippen molar-refractivity contribution in [2.75, 3.05) is 6.61 Å². The molecular formula is C11H20N2O2. The number of aromatic nitrogens is 2. The van der Waals surface area contributed by atoms with E-state index in [-0.39, 0.29) is 24.1 Å². The van der Waals surface area contributed by atoms with Crippen molar-refractivity contribution < 1.29 is 5.11 Å². The Kier molecular flexibility index (Phi) is 3.74. The highest BCUT2D eigenvalue weighted by molar-refractivity contribution is 5.21. The highest BCUT2D eigenvalue weighted by Gasteiger charge is 2.17. The molecule has 0 fully saturated rings. The smallest absolute Gasteiger partial charge is 0.270 e. The molecule has 0 bridgehead atoms. The van der Waals surface area contributed by atoms with Crippen LogP contribution in [0.3, 0.4) is 0 Å². The summed E-state index contributed by atoms with van der Waals surface area (Å²) >= 11 is 0. The van der Waals surface area contributed by atoms with Gasteiger partial charge in [0.15, 0.2) is 0 Å². The average molecular weight is 212 g/mol. The zero-order valence-electron chi connectivity index (χ0n) is 9.87. The van der Waals surface area contributed by atoms with Gasteiger partial charge in [-0.2, -0.15) is 0 Å². The fourth-order valence-corrected chi connectivity index (χ4v) is 1.70. The minimum atomic E-state index is 0.00255. The molecule has 2 N–H and O–H groups in total. The summed E-state index contributed by atoms with van der Waals surface area (Å²) in [7, 11) is 0. The molecule has 0 unspecified atom stereocenters. The summed E-state index contributed by atoms with van der Waals surface area (Å²) in [6, 6.07) is 0.127. The molecule has 4 nitrogen and oxygen atoms in total. The molecule has 0 saturated heterocycles. The normalized spacial score (nSPS) is 11.7. The summed E-state index contributed by atoms with van der Waals surface area (Å²) in [5.74, 6) is 0.277. The van der Waals surface area contributed by atoms with Gasteiger partial charge in [0.25, 0.3) is 5.56 Å². The zero-order chi connectivity index (χ0) is 11.6. The standard InChI is InChI=1S/C11H20N2O2/c1-7(2)10-9(5-6-14)11(15)13(12-10)8(3)4/h7-8,12,14H,5-6H2,1-4H3. The van der Waals surface area contributed by atoms with Crippen molar-refractivity contribution in [3.63, 3.8) is 0 Å². The second-order valence-electron chi connectivity index (χ2n) is 4.40. The second-order valence-corrected chi connectivity index (χ2v) is 4.40. The van der Waals surface area contributed by atoms with Crippen LogP contribution in [-0.4, -0.2) is 21.5 Å². The number of hydrogen-bond donors (Lipinski definition) is 2. The molecule has 0 aliphatic heterocycles. The van der Waals surface area contributed by atoms with Crippen LogP contribution in [0, 0.1) is 0 Å². The van der Waals surface area contributed by atoms with Crippen LogP contribution >= 0.6 is 0 Å². The number of aliphatic hydroxyl groups is 1. The highest BCUT2D eigenvalue weighted by atomic mass is 16.3. The Labute approximate surface area is 89.9 Å². The Hall–Kier alpha value is -1.03. The first-order chi connectivity index (χ1) is 6.99. The predicted octanol–water partition coefficient (Wildman–Crippen LogP) is 1.42. The van der Waals surface area contributed by atoms with E-state index in [1.807, 2.05) is 27.7 Å². The maximum Gasteiger partial charge on any atom is 0.270 e. The predicted molar refractivity (Wildman–Crippen MR) is 60.3 cm³/mol. The van der Waals surface area contributed by atoms with Gasteiger partial charge < -0.3 is 5.11 Å². The number of nitrogens with one attached hydrogen (secondary N) is 1. The van der Waals surface area contributed by atoms with E-state index in [9.17, 15) is 4.79 Å². The Morgan fingerprint density at radius 2 is 1.93 bits per heavy atom. The summed E-state index contributed by atoms with van der Waals surface area (Å²) < 4.78 is 1.63. The molecule has 86 valence electrons. The molecule has 0 aromatic carbocycles. The maximum atomic E-state index is 11.9. The van der Waals surface area contributed by atoms with Crippen LogP contribution in [0.1, 0.15) is 50.9 Å². The van der Waals surface area contributed by atoms with Crippen LogP contribution in [0.2, 0.25) is 0 Å². The highest BCUT2D eigenvalue weighted by Crippen LogP contribution is 2.16. The van der Waals surface area contributed by atoms with E-state index in [0.29, 0.717) is 6.42 Å². The van der Waals surface area contributed by atoms with Crippen molar-refractivity contribution in [3.05, 3.63) is 21.6 Å². The van der Waals surface area contributed by atoms with E-state index in [2.05, 4.69) is 5.10 Å². The third kappa shape index (κ3) is 2.31. The fourth-order valence-electron chi connectivity index (χ4n) is 1.70. The first-order valence-corrected chi connectivity index (χ1v) is 5.43. The SMILES string of the molecule is CC(C)c1[nH]n(C(C)C)c(=O)c1CCO. The molecule has 15 heavy (non-hydrogen) atoms. The number of rotatable bonds is 4. The molecule has 0 aliphatic carbocycles. The molecule has 1 aromatic rings. The van der Waals surface area contributed by atoms with E-state index in [4.69, 9.17) is 5.11 Å². The summed E-state index contributed by atoms with van der Waals surface area (Å²) in [5, 5.41) is 12.1. The van der Waals surface area contributed by atoms with Gasteiger partial charge >= 0.3 is 0 Å². The number of aliphatic hydroxyl groups excluding tert-OH is 1. The Morgan fingerprint density at radius 1 is 1.33 bits per heavy atom. The molecule has 1 rings (SSSR count). The van der Waals surface area contributed by atoms with Crippen molar-refractivity contribution in [3.8, 4) is 0 Å². The van der Waals surface area contributed by atoms with Crippen LogP contribution in [0.25, 0.3) is 0 Å². The molecule has 4 heteroatoms. The summed E-state index contributed by atoms with van der Waals surface area (Å²) in [6.07, 6.45) is 0.433. The lowest BCUT2D eigenvalue weighted by atomic mass is 10.0. The van der Waals surface area contributed by atoms with Gasteiger partial charge in [-0.15, -0.1) is 0 Å². The van der Waals surface area contributed by atoms with E-state index in [0.717, 1.165) is 11.3 Å². The minimum Gasteiger partial charge on any atom is -0.396 e. The van der Waals surface area contributed by atoms with Gasteiger partial charge in [-0.05, 0) is 19.8 Å². The molecule has 0 amide bonds. The van der Waals surface area contributed by atoms with E-state index in [1.54, 1.807) is 4.68 Å². The van der Waals surface area contributed by atoms with E-state index >= 15 is 0 Å². The minimum absolute atomic E-state index is 0.00255. The topological polar surface area (TPSA) is 58.0 Å². The Morgan fingerprint density at radius 3 is 2.33 bits per heavy atom. The van der Waals surface area contributed by atoms with Gasteiger partial charge in [0.2, 0.25) is 0 Å². The van der Waals surface area contributed by atoms with Gasteiger partial charge in [0, 0.05) is 30.3 Å². The van der Waals surface area contributed by atoms with Crippen LogP contribution in [0.15, 0.2) is 4.79 Å². The van der Waals surface area contributed by atoms with Crippen molar-refractivity contribution >= 4 is 0 Å². The molecular weight excluding hydrogens is 192 g/mol. The number of nitrogens with zero attached hydrogens (tertiary/aromatic N) is 1. The van der Waals surface area contributed by atoms with Gasteiger partial charge in [0.1, 0.15) is 0 Å². The molecule has 1 aromatic heterocycles. The number of aromatic amines is 1. The van der Waals surface area contributed by atoms with Gasteiger partial charge in [0.05, 0.1) is 0 Å². The Balaban J connectivity index is 3.26. The molecule has 1 heterocycles. The molecule has 0 aliphatic rings. The summed E-state index contributed by atoms with van der Waals surface area (Å²) in [6.45, 7) is 8.02. The first-order valence-electron chi connectivity index (χ1n) is 5.43. The van der Waals surface area contributed by atoms with Crippen molar-refractivity contribution in [2.45, 2.75) is 46.1 Å². The van der Waals surface area contributed by atoms with Crippen LogP contribution < -0.4 is 5.56 Å². The maximum absolute atomic E-state index is 11.9. The largest absolute Gasteiger partial charge is 0.396 e. The monoisotopic (exact) mass is 212 g/mol. The van der Waals surface area contributed by atoms with Crippen LogP contribution in [-0.2, 0) is 6.42 Å². The molecule has 0 atom stereocenters. The quantitative estimate of drug-likeness (QED) is 0.793. The van der Waals surface area contributed by atoms with Gasteiger partial charge in [-0.1, -0.05) is 13.8 Å². The summed E-state index contributed by atoms with van der Waals surface area (Å²) in [4.78, 5) is 11.9. The van der Waals surface area contributed by atoms with Crippen LogP contribution in [0.5, 0.6) is 0 Å².